The Morgan fingerprint density at radius 1 is 0.377 bits per heavy atom. The van der Waals surface area contributed by atoms with E-state index in [0.29, 0.717) is 141 Å². The number of anilines is 1. The fourth-order valence-corrected chi connectivity index (χ4v) is 18.2. The number of hydrogen-bond donors (Lipinski definition) is 4. The van der Waals surface area contributed by atoms with Crippen molar-refractivity contribution in [3.8, 4) is 126 Å². The van der Waals surface area contributed by atoms with E-state index in [1.54, 1.807) is 4.57 Å². The maximum absolute atomic E-state index is 14.1. The quantitative estimate of drug-likeness (QED) is 0.0516. The first-order valence-corrected chi connectivity index (χ1v) is 50.0. The Labute approximate surface area is 805 Å². The van der Waals surface area contributed by atoms with Gasteiger partial charge >= 0.3 is 0 Å². The highest BCUT2D eigenvalue weighted by Gasteiger charge is 2.57. The number of nitrogen functional groups attached to an aromatic ring is 1. The Bertz CT molecular complexity index is 7630. The predicted molar refractivity (Wildman–Crippen MR) is 547 cm³/mol. The molecule has 2 saturated heterocycles. The van der Waals surface area contributed by atoms with E-state index in [9.17, 15) is 4.79 Å². The number of rotatable bonds is 16. The van der Waals surface area contributed by atoms with Crippen LogP contribution in [0.5, 0.6) is 69.0 Å². The smallest absolute Gasteiger partial charge is 0.280 e. The number of aromatic amines is 3. The molecule has 0 amide bonds. The SMILES string of the molecule is CC1(C)O[C@@H]2[C@H](O1)[C@@H](CO[Si](C)(C)C(C)(C)C)O[C@H]2n1c(C#Cc2ccc3c(c2)-c2nc-3nc3[nH]c(nc4nc(nc5[nH]c(n2)c2cc(Oc6ccc(C(C)(C)C)cc6)c(Oc6ccc(C(C)(C)C)cc6)cc52)-c2cc(Oc5ccc(C(C)(C)C)cc5)c(Oc5ccc(C(C)(C)C)cc5)cc2-4)c2cc(Oc4ccc(C(C)(C)C)cc4)c(Oc4ccc(C(C)(C)C)cc4)cc32)nc2c(=O)[nH]c(N)nc21. The summed E-state index contributed by atoms with van der Waals surface area (Å²) in [4.78, 5) is 67.6. The van der Waals surface area contributed by atoms with Crippen LogP contribution < -0.4 is 39.7 Å². The van der Waals surface area contributed by atoms with Crippen LogP contribution >= 0.6 is 0 Å². The first-order valence-electron chi connectivity index (χ1n) is 47.1. The lowest BCUT2D eigenvalue weighted by atomic mass is 9.87. The molecule has 0 spiro atoms. The number of ether oxygens (including phenoxy) is 9. The van der Waals surface area contributed by atoms with Crippen LogP contribution in [0.4, 0.5) is 5.95 Å². The van der Waals surface area contributed by atoms with Gasteiger partial charge in [-0.1, -0.05) is 224 Å². The van der Waals surface area contributed by atoms with Crippen molar-refractivity contribution in [2.75, 3.05) is 12.3 Å². The molecule has 4 aliphatic heterocycles. The summed E-state index contributed by atoms with van der Waals surface area (Å²) in [5.74, 6) is 12.4. The third kappa shape index (κ3) is 18.8. The predicted octanol–water partition coefficient (Wildman–Crippen LogP) is 27.3. The molecular formula is C113H119N13O11Si. The summed E-state index contributed by atoms with van der Waals surface area (Å²) in [6, 6.07) is 65.9. The number of fused-ring (bicyclic) bond motifs is 22. The van der Waals surface area contributed by atoms with Crippen LogP contribution in [0.25, 0.3) is 101 Å². The largest absolute Gasteiger partial charge is 0.453 e. The maximum atomic E-state index is 14.1. The van der Waals surface area contributed by atoms with E-state index >= 15 is 0 Å². The number of nitrogens with two attached hydrogens (primary N) is 1. The molecule has 9 heterocycles. The fourth-order valence-electron chi connectivity index (χ4n) is 17.2. The number of H-pyrrole nitrogens is 3. The molecule has 5 N–H and O–H groups in total. The van der Waals surface area contributed by atoms with Gasteiger partial charge in [-0.15, -0.1) is 0 Å². The van der Waals surface area contributed by atoms with Crippen molar-refractivity contribution in [3.63, 3.8) is 0 Å². The van der Waals surface area contributed by atoms with Gasteiger partial charge in [0.2, 0.25) is 5.95 Å². The van der Waals surface area contributed by atoms with E-state index in [0.717, 1.165) is 33.4 Å². The lowest BCUT2D eigenvalue weighted by Gasteiger charge is -2.37. The Kier molecular flexibility index (Phi) is 23.0. The number of benzene rings is 10. The van der Waals surface area contributed by atoms with Crippen LogP contribution in [0, 0.1) is 11.8 Å². The second-order valence-electron chi connectivity index (χ2n) is 44.5. The minimum absolute atomic E-state index is 0.0108. The van der Waals surface area contributed by atoms with E-state index in [4.69, 9.17) is 92.7 Å². The lowest BCUT2D eigenvalue weighted by molar-refractivity contribution is -0.199. The summed E-state index contributed by atoms with van der Waals surface area (Å²) >= 11 is 0. The summed E-state index contributed by atoms with van der Waals surface area (Å²) in [7, 11) is -2.32. The van der Waals surface area contributed by atoms with Crippen LogP contribution in [-0.4, -0.2) is 98.4 Å². The minimum atomic E-state index is -2.32. The van der Waals surface area contributed by atoms with Gasteiger partial charge in [0.1, 0.15) is 75.4 Å². The Hall–Kier alpha value is -13.9. The standard InChI is InChI=1S/C113H119N13O11Si/c1-106(2,3)63-28-40-69(41-29-63)129-83-55-77-78(56-84(83)130-70-42-30-64(31-43-70)107(4,5)6)98-119-96(77)117-94-75-52-26-62(27-53-90-115-91-102(124-105(114)125-103(91)127)126(90)104-93-92(136-113(22,23)137-93)89(135-104)61-128-138(24,25)112(19,20)21)54-76(75)95(116-94)118-97-79-57-85(131-71-44-32-65(33-45-71)108(7,8)9)86(132-72-46-34-66(35-47-72)109(10,11)12)58-80(79)99(120-97)122-101-82-60-88(134-74-50-38-68(39-51-74)111(16,17)18)87(59-81(82)100(121-98)123-101)133-73-48-36-67(37-49-73)110(13,14)15/h26,28-52,54-60,89,92-93,104H,61H2,1-25H3,(H3,114,124,125,127)(H2,116,117,118,119,120,121,122,123)/t89-,92-,93-,104-/m1/s1. The van der Waals surface area contributed by atoms with Crippen molar-refractivity contribution < 1.29 is 47.1 Å². The van der Waals surface area contributed by atoms with Crippen molar-refractivity contribution in [2.24, 2.45) is 0 Å². The summed E-state index contributed by atoms with van der Waals surface area (Å²) in [5, 5.41) is 2.19. The zero-order valence-corrected chi connectivity index (χ0v) is 84.2. The lowest BCUT2D eigenvalue weighted by Crippen LogP contribution is -2.44. The third-order valence-corrected chi connectivity index (χ3v) is 30.9. The molecule has 0 unspecified atom stereocenters. The summed E-state index contributed by atoms with van der Waals surface area (Å²) < 4.78 is 71.6. The highest BCUT2D eigenvalue weighted by atomic mass is 28.4. The average molecular weight is 1860 g/mol. The molecule has 25 heteroatoms. The molecule has 706 valence electrons. The molecule has 138 heavy (non-hydrogen) atoms. The molecule has 19 rings (SSSR count). The topological polar surface area (TPSA) is 291 Å². The number of imidazole rings is 1. The summed E-state index contributed by atoms with van der Waals surface area (Å²) in [5.41, 5.74) is 16.0. The molecule has 24 nitrogen and oxygen atoms in total. The molecule has 0 radical (unpaired) electrons. The van der Waals surface area contributed by atoms with Crippen LogP contribution in [0.2, 0.25) is 18.1 Å². The van der Waals surface area contributed by atoms with Gasteiger partial charge in [0.25, 0.3) is 5.56 Å². The number of aromatic nitrogens is 12. The van der Waals surface area contributed by atoms with Crippen molar-refractivity contribution in [3.05, 3.63) is 255 Å². The molecule has 4 aliphatic rings. The third-order valence-electron chi connectivity index (χ3n) is 26.4. The minimum Gasteiger partial charge on any atom is -0.453 e. The first kappa shape index (κ1) is 93.2. The van der Waals surface area contributed by atoms with E-state index in [1.165, 1.54) is 0 Å². The zero-order chi connectivity index (χ0) is 97.8. The second kappa shape index (κ2) is 34.1. The monoisotopic (exact) mass is 1860 g/mol. The number of nitrogens with zero attached hydrogens (tertiary/aromatic N) is 9. The van der Waals surface area contributed by atoms with Gasteiger partial charge in [0.05, 0.1) is 6.61 Å². The zero-order valence-electron chi connectivity index (χ0n) is 83.2. The van der Waals surface area contributed by atoms with Gasteiger partial charge in [0, 0.05) is 49.4 Å². The maximum Gasteiger partial charge on any atom is 0.280 e. The summed E-state index contributed by atoms with van der Waals surface area (Å²) in [6.07, 6.45) is -2.89. The van der Waals surface area contributed by atoms with Gasteiger partial charge in [0.15, 0.2) is 95.1 Å². The van der Waals surface area contributed by atoms with Gasteiger partial charge in [-0.25, -0.2) is 34.9 Å². The van der Waals surface area contributed by atoms with Crippen molar-refractivity contribution in [2.45, 2.75) is 240 Å². The average Bonchev–Trinajstić information content (AvgIpc) is 1.58. The van der Waals surface area contributed by atoms with Crippen LogP contribution in [-0.2, 0) is 51.1 Å². The summed E-state index contributed by atoms with van der Waals surface area (Å²) in [6.45, 7) is 54.2. The van der Waals surface area contributed by atoms with Crippen molar-refractivity contribution >= 4 is 69.6 Å². The molecule has 2 fully saturated rings. The van der Waals surface area contributed by atoms with Gasteiger partial charge < -0.3 is 62.8 Å². The first-order chi connectivity index (χ1) is 64.9. The van der Waals surface area contributed by atoms with Gasteiger partial charge in [-0.2, -0.15) is 4.98 Å². The van der Waals surface area contributed by atoms with E-state index < -0.39 is 44.2 Å². The second-order valence-corrected chi connectivity index (χ2v) is 49.4. The van der Waals surface area contributed by atoms with Crippen LogP contribution in [0.3, 0.4) is 0 Å². The molecule has 10 aromatic carbocycles. The van der Waals surface area contributed by atoms with Crippen molar-refractivity contribution in [1.29, 1.82) is 0 Å². The molecular weight excluding hydrogens is 1740 g/mol. The van der Waals surface area contributed by atoms with Crippen molar-refractivity contribution in [1.82, 2.24) is 59.4 Å². The van der Waals surface area contributed by atoms with Gasteiger partial charge in [-0.05, 0) is 231 Å². The Morgan fingerprint density at radius 3 is 1.01 bits per heavy atom. The van der Waals surface area contributed by atoms with Crippen LogP contribution in [0.15, 0.2) is 205 Å². The van der Waals surface area contributed by atoms with Crippen LogP contribution in [0.1, 0.15) is 210 Å². The molecule has 0 aliphatic carbocycles. The number of hydrogen-bond acceptors (Lipinski definition) is 20. The normalized spacial score (nSPS) is 16.2. The highest BCUT2D eigenvalue weighted by molar-refractivity contribution is 6.74. The molecule has 15 aromatic rings. The Balaban J connectivity index is 0.877. The Morgan fingerprint density at radius 2 is 0.688 bits per heavy atom. The molecule has 8 bridgehead atoms. The highest BCUT2D eigenvalue weighted by Crippen LogP contribution is 2.52. The molecule has 0 saturated carbocycles. The molecule has 4 atom stereocenters. The number of nitrogens with one attached hydrogen (secondary N) is 3. The van der Waals surface area contributed by atoms with Gasteiger partial charge in [-0.3, -0.25) is 14.3 Å². The van der Waals surface area contributed by atoms with E-state index in [-0.39, 0.29) is 90.4 Å². The van der Waals surface area contributed by atoms with E-state index in [1.807, 2.05) is 141 Å². The molecule has 5 aromatic heterocycles. The fraction of sp³-hybridized carbons (Fsp3) is 0.336. The van der Waals surface area contributed by atoms with E-state index in [2.05, 4.69) is 258 Å².